The number of hydrogen-bond acceptors (Lipinski definition) is 5. The number of aromatic amines is 1. The molecule has 128 valence electrons. The number of hydrogen-bond donors (Lipinski definition) is 1. The molecule has 0 aliphatic carbocycles. The molecule has 1 N–H and O–H groups in total. The van der Waals surface area contributed by atoms with Crippen molar-refractivity contribution in [2.24, 2.45) is 5.92 Å². The number of H-pyrrole nitrogens is 1. The third-order valence-corrected chi connectivity index (χ3v) is 4.45. The van der Waals surface area contributed by atoms with Crippen LogP contribution >= 0.6 is 0 Å². The van der Waals surface area contributed by atoms with Gasteiger partial charge in [0, 0.05) is 31.6 Å². The molecule has 2 aromatic heterocycles. The first-order chi connectivity index (χ1) is 12.2. The molecule has 1 fully saturated rings. The zero-order chi connectivity index (χ0) is 17.2. The van der Waals surface area contributed by atoms with Crippen LogP contribution in [0.1, 0.15) is 27.3 Å². The molecule has 8 heteroatoms. The van der Waals surface area contributed by atoms with Crippen LogP contribution in [0, 0.1) is 12.8 Å². The summed E-state index contributed by atoms with van der Waals surface area (Å²) < 4.78 is 1.80. The monoisotopic (exact) mass is 337 g/mol. The van der Waals surface area contributed by atoms with E-state index < -0.39 is 0 Å². The van der Waals surface area contributed by atoms with Crippen LogP contribution in [0.15, 0.2) is 36.7 Å². The van der Waals surface area contributed by atoms with Crippen LogP contribution in [0.4, 0.5) is 0 Å². The first-order valence-corrected chi connectivity index (χ1v) is 8.27. The number of nitrogens with one attached hydrogen (secondary N) is 1. The Kier molecular flexibility index (Phi) is 4.01. The summed E-state index contributed by atoms with van der Waals surface area (Å²) in [5.74, 6) is 1.12. The Morgan fingerprint density at radius 2 is 2.08 bits per heavy atom. The van der Waals surface area contributed by atoms with Crippen LogP contribution < -0.4 is 0 Å². The molecule has 1 amide bonds. The van der Waals surface area contributed by atoms with E-state index in [-0.39, 0.29) is 5.91 Å². The Labute approximate surface area is 144 Å². The lowest BCUT2D eigenvalue weighted by atomic mass is 9.95. The van der Waals surface area contributed by atoms with Crippen molar-refractivity contribution in [1.29, 1.82) is 0 Å². The van der Waals surface area contributed by atoms with Crippen molar-refractivity contribution in [3.63, 3.8) is 0 Å². The van der Waals surface area contributed by atoms with Gasteiger partial charge in [-0.2, -0.15) is 10.3 Å². The average Bonchev–Trinajstić information content (AvgIpc) is 3.24. The highest BCUT2D eigenvalue weighted by Crippen LogP contribution is 2.21. The highest BCUT2D eigenvalue weighted by Gasteiger charge is 2.32. The fourth-order valence-electron chi connectivity index (χ4n) is 3.02. The average molecular weight is 337 g/mol. The van der Waals surface area contributed by atoms with Gasteiger partial charge in [-0.05, 0) is 12.5 Å². The van der Waals surface area contributed by atoms with Crippen LogP contribution in [0.3, 0.4) is 0 Å². The molecule has 0 saturated carbocycles. The molecule has 1 aromatic carbocycles. The second kappa shape index (κ2) is 6.46. The maximum atomic E-state index is 12.5. The van der Waals surface area contributed by atoms with E-state index in [4.69, 9.17) is 0 Å². The molecular weight excluding hydrogens is 318 g/mol. The largest absolute Gasteiger partial charge is 0.338 e. The Morgan fingerprint density at radius 3 is 2.80 bits per heavy atom. The Balaban J connectivity index is 1.33. The van der Waals surface area contributed by atoms with Gasteiger partial charge in [0.25, 0.3) is 5.91 Å². The number of carbonyl (C=O) groups excluding carboxylic acids is 1. The number of likely N-dealkylation sites (tertiary alicyclic amines) is 1. The number of aryl methyl sites for hydroxylation is 1. The van der Waals surface area contributed by atoms with Gasteiger partial charge in [0.05, 0.1) is 18.3 Å². The van der Waals surface area contributed by atoms with E-state index >= 15 is 0 Å². The van der Waals surface area contributed by atoms with Crippen LogP contribution in [-0.2, 0) is 13.0 Å². The zero-order valence-electron chi connectivity index (χ0n) is 14.0. The number of carbonyl (C=O) groups is 1. The lowest BCUT2D eigenvalue weighted by Crippen LogP contribution is -2.50. The molecule has 1 saturated heterocycles. The van der Waals surface area contributed by atoms with Gasteiger partial charge in [-0.3, -0.25) is 9.48 Å². The molecule has 1 aliphatic rings. The van der Waals surface area contributed by atoms with Crippen molar-refractivity contribution in [3.05, 3.63) is 59.2 Å². The summed E-state index contributed by atoms with van der Waals surface area (Å²) in [5, 5.41) is 18.2. The van der Waals surface area contributed by atoms with Crippen molar-refractivity contribution in [2.75, 3.05) is 13.1 Å². The van der Waals surface area contributed by atoms with Crippen LogP contribution in [-0.4, -0.2) is 54.3 Å². The minimum absolute atomic E-state index is 0.0273. The summed E-state index contributed by atoms with van der Waals surface area (Å²) in [5.41, 5.74) is 3.02. The first kappa shape index (κ1) is 15.5. The quantitative estimate of drug-likeness (QED) is 0.752. The van der Waals surface area contributed by atoms with Crippen molar-refractivity contribution < 1.29 is 4.79 Å². The van der Waals surface area contributed by atoms with Crippen molar-refractivity contribution >= 4 is 5.91 Å². The Bertz CT molecular complexity index is 848. The molecular formula is C17H19N7O. The van der Waals surface area contributed by atoms with Crippen molar-refractivity contribution in [3.8, 4) is 0 Å². The van der Waals surface area contributed by atoms with Gasteiger partial charge in [-0.15, -0.1) is 10.2 Å². The topological polar surface area (TPSA) is 92.6 Å². The summed E-state index contributed by atoms with van der Waals surface area (Å²) in [7, 11) is 0. The fourth-order valence-corrected chi connectivity index (χ4v) is 3.02. The maximum absolute atomic E-state index is 12.5. The highest BCUT2D eigenvalue weighted by atomic mass is 16.2. The molecule has 0 bridgehead atoms. The minimum Gasteiger partial charge on any atom is -0.338 e. The third kappa shape index (κ3) is 3.42. The number of tetrazole rings is 1. The van der Waals surface area contributed by atoms with Gasteiger partial charge in [-0.1, -0.05) is 35.0 Å². The molecule has 0 atom stereocenters. The van der Waals surface area contributed by atoms with E-state index in [1.165, 1.54) is 5.56 Å². The van der Waals surface area contributed by atoms with Gasteiger partial charge < -0.3 is 4.90 Å². The SMILES string of the molecule is Cc1ccc(Cn2cc(C(=O)N3CC(Cc4nn[nH]n4)C3)cn2)cc1. The molecule has 4 rings (SSSR count). The van der Waals surface area contributed by atoms with E-state index in [2.05, 4.69) is 56.9 Å². The lowest BCUT2D eigenvalue weighted by molar-refractivity contribution is 0.0497. The Morgan fingerprint density at radius 1 is 1.28 bits per heavy atom. The fraction of sp³-hybridized carbons (Fsp3) is 0.353. The second-order valence-electron chi connectivity index (χ2n) is 6.52. The molecule has 1 aliphatic heterocycles. The summed E-state index contributed by atoms with van der Waals surface area (Å²) in [6.45, 7) is 4.16. The normalized spacial score (nSPS) is 14.5. The van der Waals surface area contributed by atoms with Crippen molar-refractivity contribution in [2.45, 2.75) is 19.9 Å². The molecule has 8 nitrogen and oxygen atoms in total. The number of rotatable bonds is 5. The van der Waals surface area contributed by atoms with Crippen LogP contribution in [0.5, 0.6) is 0 Å². The standard InChI is InChI=1S/C17H19N7O/c1-12-2-4-13(5-3-12)10-24-11-15(7-18-24)17(25)23-8-14(9-23)6-16-19-21-22-20-16/h2-5,7,11,14H,6,8-10H2,1H3,(H,19,20,21,22). The van der Waals surface area contributed by atoms with Gasteiger partial charge in [0.1, 0.15) is 0 Å². The molecule has 3 heterocycles. The minimum atomic E-state index is 0.0273. The summed E-state index contributed by atoms with van der Waals surface area (Å²) in [6.07, 6.45) is 4.20. The third-order valence-electron chi connectivity index (χ3n) is 4.45. The number of amides is 1. The van der Waals surface area contributed by atoms with E-state index in [0.29, 0.717) is 23.9 Å². The highest BCUT2D eigenvalue weighted by molar-refractivity contribution is 5.94. The van der Waals surface area contributed by atoms with Gasteiger partial charge in [-0.25, -0.2) is 0 Å². The summed E-state index contributed by atoms with van der Waals surface area (Å²) in [6, 6.07) is 8.32. The van der Waals surface area contributed by atoms with Crippen molar-refractivity contribution in [1.82, 2.24) is 35.3 Å². The van der Waals surface area contributed by atoms with E-state index in [9.17, 15) is 4.79 Å². The number of aromatic nitrogens is 6. The predicted octanol–water partition coefficient (Wildman–Crippen LogP) is 1.07. The molecule has 0 spiro atoms. The summed E-state index contributed by atoms with van der Waals surface area (Å²) >= 11 is 0. The Hall–Kier alpha value is -3.03. The predicted molar refractivity (Wildman–Crippen MR) is 89.8 cm³/mol. The van der Waals surface area contributed by atoms with Gasteiger partial charge in [0.2, 0.25) is 0 Å². The number of nitrogens with zero attached hydrogens (tertiary/aromatic N) is 6. The summed E-state index contributed by atoms with van der Waals surface area (Å²) in [4.78, 5) is 14.3. The second-order valence-corrected chi connectivity index (χ2v) is 6.52. The van der Waals surface area contributed by atoms with E-state index in [1.54, 1.807) is 10.9 Å². The van der Waals surface area contributed by atoms with Crippen LogP contribution in [0.2, 0.25) is 0 Å². The molecule has 0 radical (unpaired) electrons. The number of benzene rings is 1. The molecule has 25 heavy (non-hydrogen) atoms. The smallest absolute Gasteiger partial charge is 0.257 e. The van der Waals surface area contributed by atoms with Gasteiger partial charge in [0.15, 0.2) is 5.82 Å². The molecule has 3 aromatic rings. The van der Waals surface area contributed by atoms with E-state index in [1.807, 2.05) is 11.1 Å². The van der Waals surface area contributed by atoms with Gasteiger partial charge >= 0.3 is 0 Å². The lowest BCUT2D eigenvalue weighted by Gasteiger charge is -2.38. The zero-order valence-corrected chi connectivity index (χ0v) is 14.0. The van der Waals surface area contributed by atoms with E-state index in [0.717, 1.165) is 25.1 Å². The maximum Gasteiger partial charge on any atom is 0.257 e. The first-order valence-electron chi connectivity index (χ1n) is 8.27. The molecule has 0 unspecified atom stereocenters. The van der Waals surface area contributed by atoms with Crippen LogP contribution in [0.25, 0.3) is 0 Å².